The molecule has 0 aromatic carbocycles. The number of nitrogens with zero attached hydrogens (tertiary/aromatic N) is 2. The third kappa shape index (κ3) is 5.81. The van der Waals surface area contributed by atoms with Crippen molar-refractivity contribution in [3.05, 3.63) is 23.9 Å². The van der Waals surface area contributed by atoms with Crippen molar-refractivity contribution in [2.75, 3.05) is 25.5 Å². The average Bonchev–Trinajstić information content (AvgIpc) is 2.49. The average molecular weight is 292 g/mol. The normalized spacial score (nSPS) is 11.6. The van der Waals surface area contributed by atoms with E-state index in [4.69, 9.17) is 0 Å². The number of nitrogens with one attached hydrogen (secondary N) is 2. The van der Waals surface area contributed by atoms with E-state index in [1.165, 1.54) is 0 Å². The van der Waals surface area contributed by atoms with Crippen LogP contribution < -0.4 is 15.5 Å². The Balaban J connectivity index is 2.34. The third-order valence-corrected chi connectivity index (χ3v) is 3.24. The maximum absolute atomic E-state index is 11.7. The van der Waals surface area contributed by atoms with Crippen LogP contribution in [-0.2, 0) is 16.1 Å². The van der Waals surface area contributed by atoms with Gasteiger partial charge in [0.1, 0.15) is 5.82 Å². The number of hydrogen-bond donors (Lipinski definition) is 2. The lowest BCUT2D eigenvalue weighted by molar-refractivity contribution is -0.128. The highest BCUT2D eigenvalue weighted by Crippen LogP contribution is 2.07. The molecule has 2 amide bonds. The van der Waals surface area contributed by atoms with Crippen LogP contribution in [0.5, 0.6) is 0 Å². The fourth-order valence-corrected chi connectivity index (χ4v) is 1.58. The van der Waals surface area contributed by atoms with Crippen LogP contribution in [0.1, 0.15) is 25.8 Å². The Labute approximate surface area is 125 Å². The largest absolute Gasteiger partial charge is 0.363 e. The van der Waals surface area contributed by atoms with Crippen LogP contribution in [0.3, 0.4) is 0 Å². The zero-order chi connectivity index (χ0) is 15.8. The predicted molar refractivity (Wildman–Crippen MR) is 82.9 cm³/mol. The second kappa shape index (κ2) is 8.24. The molecule has 1 rings (SSSR count). The number of carbonyl (C=O) groups is 2. The van der Waals surface area contributed by atoms with E-state index in [0.717, 1.165) is 17.8 Å². The van der Waals surface area contributed by atoms with Crippen molar-refractivity contribution in [2.45, 2.75) is 26.8 Å². The first-order chi connectivity index (χ1) is 9.93. The van der Waals surface area contributed by atoms with Gasteiger partial charge in [-0.25, -0.2) is 4.98 Å². The molecule has 1 unspecified atom stereocenters. The zero-order valence-electron chi connectivity index (χ0n) is 13.1. The number of amides is 2. The van der Waals surface area contributed by atoms with Gasteiger partial charge in [-0.2, -0.15) is 0 Å². The highest BCUT2D eigenvalue weighted by Gasteiger charge is 2.11. The highest BCUT2D eigenvalue weighted by molar-refractivity contribution is 5.85. The van der Waals surface area contributed by atoms with Crippen molar-refractivity contribution in [2.24, 2.45) is 5.92 Å². The van der Waals surface area contributed by atoms with Gasteiger partial charge in [0.15, 0.2) is 0 Å². The molecule has 0 radical (unpaired) electrons. The van der Waals surface area contributed by atoms with Crippen molar-refractivity contribution in [1.29, 1.82) is 0 Å². The molecule has 0 spiro atoms. The molecule has 0 aliphatic carbocycles. The lowest BCUT2D eigenvalue weighted by atomic mass is 10.1. The number of hydrogen-bond acceptors (Lipinski definition) is 4. The number of anilines is 1. The molecule has 116 valence electrons. The smallest absolute Gasteiger partial charge is 0.239 e. The molecule has 21 heavy (non-hydrogen) atoms. The van der Waals surface area contributed by atoms with Crippen LogP contribution in [0.15, 0.2) is 18.3 Å². The van der Waals surface area contributed by atoms with E-state index in [0.29, 0.717) is 6.54 Å². The quantitative estimate of drug-likeness (QED) is 0.784. The van der Waals surface area contributed by atoms with Crippen LogP contribution in [0.25, 0.3) is 0 Å². The maximum Gasteiger partial charge on any atom is 0.239 e. The molecule has 1 heterocycles. The standard InChI is InChI=1S/C15H24N4O2/c1-5-11(2)15(21)18-10-14(20)17-9-12-6-7-13(16-8-12)19(3)4/h6-8,11H,5,9-10H2,1-4H3,(H,17,20)(H,18,21). The second-order valence-corrected chi connectivity index (χ2v) is 5.22. The predicted octanol–water partition coefficient (Wildman–Crippen LogP) is 0.926. The van der Waals surface area contributed by atoms with Crippen molar-refractivity contribution in [1.82, 2.24) is 15.6 Å². The Kier molecular flexibility index (Phi) is 6.65. The first kappa shape index (κ1) is 16.9. The third-order valence-electron chi connectivity index (χ3n) is 3.24. The van der Waals surface area contributed by atoms with Gasteiger partial charge in [0.2, 0.25) is 11.8 Å². The molecule has 2 N–H and O–H groups in total. The molecule has 1 atom stereocenters. The van der Waals surface area contributed by atoms with Crippen molar-refractivity contribution in [3.63, 3.8) is 0 Å². The summed E-state index contributed by atoms with van der Waals surface area (Å²) in [6.07, 6.45) is 2.49. The van der Waals surface area contributed by atoms with E-state index in [1.807, 2.05) is 45.0 Å². The van der Waals surface area contributed by atoms with E-state index in [-0.39, 0.29) is 24.3 Å². The van der Waals surface area contributed by atoms with Crippen LogP contribution >= 0.6 is 0 Å². The van der Waals surface area contributed by atoms with Crippen molar-refractivity contribution < 1.29 is 9.59 Å². The van der Waals surface area contributed by atoms with E-state index in [2.05, 4.69) is 15.6 Å². The molecule has 0 fully saturated rings. The van der Waals surface area contributed by atoms with E-state index < -0.39 is 0 Å². The molecule has 0 saturated heterocycles. The second-order valence-electron chi connectivity index (χ2n) is 5.22. The minimum absolute atomic E-state index is 0.00633. The first-order valence-corrected chi connectivity index (χ1v) is 7.10. The van der Waals surface area contributed by atoms with Crippen molar-refractivity contribution in [3.8, 4) is 0 Å². The molecule has 1 aromatic heterocycles. The van der Waals surface area contributed by atoms with Gasteiger partial charge in [-0.05, 0) is 18.1 Å². The van der Waals surface area contributed by atoms with Crippen LogP contribution in [0.4, 0.5) is 5.82 Å². The molecular formula is C15H24N4O2. The minimum atomic E-state index is -0.205. The van der Waals surface area contributed by atoms with Crippen LogP contribution in [-0.4, -0.2) is 37.4 Å². The fourth-order valence-electron chi connectivity index (χ4n) is 1.58. The Bertz CT molecular complexity index is 471. The molecule has 6 heteroatoms. The summed E-state index contributed by atoms with van der Waals surface area (Å²) in [5.74, 6) is 0.500. The lowest BCUT2D eigenvalue weighted by Crippen LogP contribution is -2.38. The summed E-state index contributed by atoms with van der Waals surface area (Å²) in [6, 6.07) is 3.81. The summed E-state index contributed by atoms with van der Waals surface area (Å²) in [5.41, 5.74) is 0.919. The Morgan fingerprint density at radius 2 is 2.00 bits per heavy atom. The maximum atomic E-state index is 11.7. The summed E-state index contributed by atoms with van der Waals surface area (Å²) in [5, 5.41) is 5.37. The molecule has 1 aromatic rings. The van der Waals surface area contributed by atoms with Gasteiger partial charge in [-0.1, -0.05) is 19.9 Å². The molecule has 0 aliphatic rings. The van der Waals surface area contributed by atoms with E-state index in [1.54, 1.807) is 6.20 Å². The number of carbonyl (C=O) groups excluding carboxylic acids is 2. The Morgan fingerprint density at radius 1 is 1.29 bits per heavy atom. The number of aromatic nitrogens is 1. The topological polar surface area (TPSA) is 74.3 Å². The van der Waals surface area contributed by atoms with Gasteiger partial charge in [0, 0.05) is 32.8 Å². The minimum Gasteiger partial charge on any atom is -0.363 e. The fraction of sp³-hybridized carbons (Fsp3) is 0.533. The summed E-state index contributed by atoms with van der Waals surface area (Å²) < 4.78 is 0. The number of pyridine rings is 1. The van der Waals surface area contributed by atoms with Crippen LogP contribution in [0, 0.1) is 5.92 Å². The number of rotatable bonds is 7. The van der Waals surface area contributed by atoms with Gasteiger partial charge in [0.25, 0.3) is 0 Å². The van der Waals surface area contributed by atoms with Gasteiger partial charge in [0.05, 0.1) is 6.54 Å². The van der Waals surface area contributed by atoms with Crippen molar-refractivity contribution >= 4 is 17.6 Å². The molecule has 0 saturated carbocycles. The molecular weight excluding hydrogens is 268 g/mol. The summed E-state index contributed by atoms with van der Waals surface area (Å²) in [4.78, 5) is 29.4. The Morgan fingerprint density at radius 3 is 2.52 bits per heavy atom. The van der Waals surface area contributed by atoms with Gasteiger partial charge >= 0.3 is 0 Å². The van der Waals surface area contributed by atoms with E-state index >= 15 is 0 Å². The van der Waals surface area contributed by atoms with Gasteiger partial charge < -0.3 is 15.5 Å². The van der Waals surface area contributed by atoms with Gasteiger partial charge in [-0.15, -0.1) is 0 Å². The van der Waals surface area contributed by atoms with Gasteiger partial charge in [-0.3, -0.25) is 9.59 Å². The monoisotopic (exact) mass is 292 g/mol. The molecule has 0 bridgehead atoms. The zero-order valence-corrected chi connectivity index (χ0v) is 13.1. The van der Waals surface area contributed by atoms with E-state index in [9.17, 15) is 9.59 Å². The summed E-state index contributed by atoms with van der Waals surface area (Å²) in [7, 11) is 3.84. The Hall–Kier alpha value is -2.11. The lowest BCUT2D eigenvalue weighted by Gasteiger charge is -2.12. The summed E-state index contributed by atoms with van der Waals surface area (Å²) in [6.45, 7) is 4.19. The highest BCUT2D eigenvalue weighted by atomic mass is 16.2. The van der Waals surface area contributed by atoms with Crippen LogP contribution in [0.2, 0.25) is 0 Å². The first-order valence-electron chi connectivity index (χ1n) is 7.10. The SMILES string of the molecule is CCC(C)C(=O)NCC(=O)NCc1ccc(N(C)C)nc1. The summed E-state index contributed by atoms with van der Waals surface area (Å²) >= 11 is 0. The molecule has 6 nitrogen and oxygen atoms in total. The molecule has 0 aliphatic heterocycles.